The fourth-order valence-electron chi connectivity index (χ4n) is 4.32. The van der Waals surface area contributed by atoms with E-state index in [1.807, 2.05) is 0 Å². The molecule has 3 fully saturated rings. The molecule has 0 spiro atoms. The van der Waals surface area contributed by atoms with Crippen molar-refractivity contribution >= 4 is 27.5 Å². The van der Waals surface area contributed by atoms with Gasteiger partial charge in [-0.1, -0.05) is 0 Å². The zero-order valence-corrected chi connectivity index (χ0v) is 20.8. The maximum atomic E-state index is 14.5. The van der Waals surface area contributed by atoms with Gasteiger partial charge in [-0.3, -0.25) is 10.3 Å². The minimum atomic E-state index is -3.53. The first-order valence-electron chi connectivity index (χ1n) is 11.5. The molecule has 0 aromatic heterocycles. The van der Waals surface area contributed by atoms with Gasteiger partial charge in [0.05, 0.1) is 41.5 Å². The molecular formula is C23H31FN4O6S. The van der Waals surface area contributed by atoms with Gasteiger partial charge in [0.2, 0.25) is 5.90 Å². The van der Waals surface area contributed by atoms with Crippen molar-refractivity contribution in [3.05, 3.63) is 35.4 Å². The average molecular weight is 511 g/mol. The molecule has 35 heavy (non-hydrogen) atoms. The molecule has 2 bridgehead atoms. The second-order valence-corrected chi connectivity index (χ2v) is 11.2. The Hall–Kier alpha value is -2.86. The summed E-state index contributed by atoms with van der Waals surface area (Å²) in [5, 5.41) is 14.2. The fraction of sp³-hybridized carbons (Fsp3) is 0.565. The topological polar surface area (TPSA) is 130 Å². The van der Waals surface area contributed by atoms with Crippen LogP contribution >= 0.6 is 0 Å². The van der Waals surface area contributed by atoms with E-state index in [1.165, 1.54) is 12.1 Å². The third kappa shape index (κ3) is 5.87. The van der Waals surface area contributed by atoms with E-state index in [9.17, 15) is 17.6 Å². The Kier molecular flexibility index (Phi) is 7.22. The minimum Gasteiger partial charge on any atom is -0.474 e. The van der Waals surface area contributed by atoms with Crippen molar-refractivity contribution < 1.29 is 31.8 Å². The van der Waals surface area contributed by atoms with Gasteiger partial charge in [-0.15, -0.1) is 0 Å². The minimum absolute atomic E-state index is 0.0268. The molecular weight excluding hydrogens is 479 g/mol. The monoisotopic (exact) mass is 510 g/mol. The normalized spacial score (nSPS) is 24.8. The van der Waals surface area contributed by atoms with Gasteiger partial charge >= 0.3 is 6.09 Å². The summed E-state index contributed by atoms with van der Waals surface area (Å²) in [4.78, 5) is 14.2. The summed E-state index contributed by atoms with van der Waals surface area (Å²) >= 11 is 0. The Labute approximate surface area is 204 Å². The maximum absolute atomic E-state index is 14.5. The molecule has 1 aromatic rings. The van der Waals surface area contributed by atoms with Crippen LogP contribution in [0.1, 0.15) is 32.6 Å². The number of morpholine rings is 1. The Balaban J connectivity index is 1.42. The lowest BCUT2D eigenvalue weighted by Gasteiger charge is -2.47. The first-order valence-corrected chi connectivity index (χ1v) is 13.4. The van der Waals surface area contributed by atoms with Gasteiger partial charge in [-0.2, -0.15) is 0 Å². The highest BCUT2D eigenvalue weighted by Crippen LogP contribution is 2.33. The number of benzene rings is 1. The van der Waals surface area contributed by atoms with E-state index < -0.39 is 15.7 Å². The number of hydrogen-bond acceptors (Lipinski definition) is 9. The van der Waals surface area contributed by atoms with Crippen molar-refractivity contribution in [1.82, 2.24) is 10.2 Å². The molecule has 1 amide bonds. The van der Waals surface area contributed by atoms with Crippen molar-refractivity contribution in [2.24, 2.45) is 0 Å². The highest BCUT2D eigenvalue weighted by atomic mass is 32.2. The predicted octanol–water partition coefficient (Wildman–Crippen LogP) is 2.62. The number of nitrogens with one attached hydrogen (secondary N) is 3. The van der Waals surface area contributed by atoms with Crippen LogP contribution in [0, 0.1) is 11.2 Å². The highest BCUT2D eigenvalue weighted by Gasteiger charge is 2.44. The van der Waals surface area contributed by atoms with Crippen molar-refractivity contribution in [1.29, 1.82) is 5.41 Å². The number of fused-ring (bicyclic) bond motifs is 2. The summed E-state index contributed by atoms with van der Waals surface area (Å²) in [5.74, 6) is -0.484. The number of rotatable bonds is 7. The largest absolute Gasteiger partial charge is 0.474 e. The molecule has 2 saturated heterocycles. The van der Waals surface area contributed by atoms with Crippen molar-refractivity contribution in [3.8, 4) is 0 Å². The van der Waals surface area contributed by atoms with Crippen LogP contribution in [0.25, 0.3) is 0 Å². The summed E-state index contributed by atoms with van der Waals surface area (Å²) in [6.45, 7) is 2.45. The van der Waals surface area contributed by atoms with E-state index >= 15 is 0 Å². The van der Waals surface area contributed by atoms with Crippen LogP contribution < -0.4 is 10.6 Å². The molecule has 192 valence electrons. The summed E-state index contributed by atoms with van der Waals surface area (Å²) in [5.41, 5.74) is 0.471. The molecule has 3 aliphatic rings. The molecule has 12 heteroatoms. The van der Waals surface area contributed by atoms with E-state index in [0.29, 0.717) is 37.4 Å². The lowest BCUT2D eigenvalue weighted by molar-refractivity contribution is -0.0929. The fourth-order valence-corrected chi connectivity index (χ4v) is 4.96. The lowest BCUT2D eigenvalue weighted by Crippen LogP contribution is -2.60. The Morgan fingerprint density at radius 3 is 2.37 bits per heavy atom. The number of amides is 1. The van der Waals surface area contributed by atoms with E-state index in [4.69, 9.17) is 19.6 Å². The third-order valence-electron chi connectivity index (χ3n) is 6.36. The number of halogens is 1. The Morgan fingerprint density at radius 2 is 1.83 bits per heavy atom. The van der Waals surface area contributed by atoms with Crippen LogP contribution in [0.15, 0.2) is 34.5 Å². The summed E-state index contributed by atoms with van der Waals surface area (Å²) in [7, 11) is -1.91. The Bertz CT molecular complexity index is 1120. The van der Waals surface area contributed by atoms with Crippen LogP contribution in [0.5, 0.6) is 0 Å². The first-order chi connectivity index (χ1) is 16.6. The summed E-state index contributed by atoms with van der Waals surface area (Å²) < 4.78 is 54.9. The molecule has 10 nitrogen and oxygen atoms in total. The molecule has 1 aromatic carbocycles. The number of carbonyl (C=O) groups is 1. The number of anilines is 1. The highest BCUT2D eigenvalue weighted by molar-refractivity contribution is 7.90. The van der Waals surface area contributed by atoms with Crippen molar-refractivity contribution in [2.45, 2.75) is 61.8 Å². The van der Waals surface area contributed by atoms with E-state index in [-0.39, 0.29) is 46.9 Å². The van der Waals surface area contributed by atoms with Crippen LogP contribution in [-0.2, 0) is 24.0 Å². The lowest BCUT2D eigenvalue weighted by atomic mass is 9.92. The van der Waals surface area contributed by atoms with Gasteiger partial charge in [0.1, 0.15) is 23.8 Å². The van der Waals surface area contributed by atoms with Crippen LogP contribution in [0.3, 0.4) is 0 Å². The number of piperidine rings is 1. The smallest absolute Gasteiger partial charge is 0.410 e. The predicted molar refractivity (Wildman–Crippen MR) is 126 cm³/mol. The molecule has 2 aliphatic heterocycles. The molecule has 2 atom stereocenters. The quantitative estimate of drug-likeness (QED) is 0.377. The number of nitrogens with zero attached hydrogens (tertiary/aromatic N) is 1. The number of hydrogen-bond donors (Lipinski definition) is 3. The van der Waals surface area contributed by atoms with E-state index in [2.05, 4.69) is 10.6 Å². The van der Waals surface area contributed by atoms with Gasteiger partial charge < -0.3 is 24.8 Å². The molecule has 0 radical (unpaired) electrons. The zero-order valence-electron chi connectivity index (χ0n) is 20.0. The molecule has 4 rings (SSSR count). The second-order valence-electron chi connectivity index (χ2n) is 9.16. The SMILES string of the molecule is CN/C(Nc1ccc(S(C)(=O)=O)cc1F)=C(/C)C(=N)OC1CC2COCC(C1)N2C(=O)OC1CC1. The van der Waals surface area contributed by atoms with E-state index in [0.717, 1.165) is 25.2 Å². The summed E-state index contributed by atoms with van der Waals surface area (Å²) in [6.07, 6.45) is 3.29. The number of carbonyl (C=O) groups excluding carboxylic acids is 1. The summed E-state index contributed by atoms with van der Waals surface area (Å²) in [6, 6.07) is 3.23. The van der Waals surface area contributed by atoms with Crippen LogP contribution in [-0.4, -0.2) is 76.1 Å². The second kappa shape index (κ2) is 10.0. The Morgan fingerprint density at radius 1 is 1.17 bits per heavy atom. The maximum Gasteiger partial charge on any atom is 0.410 e. The number of ether oxygens (including phenoxy) is 3. The molecule has 1 saturated carbocycles. The first kappa shape index (κ1) is 25.2. The average Bonchev–Trinajstić information content (AvgIpc) is 3.60. The van der Waals surface area contributed by atoms with Gasteiger partial charge in [0, 0.05) is 26.1 Å². The molecule has 3 N–H and O–H groups in total. The van der Waals surface area contributed by atoms with Gasteiger partial charge in [-0.25, -0.2) is 17.6 Å². The molecule has 2 unspecified atom stereocenters. The van der Waals surface area contributed by atoms with Gasteiger partial charge in [0.15, 0.2) is 9.84 Å². The third-order valence-corrected chi connectivity index (χ3v) is 7.47. The standard InChI is InChI=1S/C23H31FN4O6S/c1-13(22(26-2)27-20-7-6-18(10-19(20)24)35(3,30)31)21(25)33-17-8-14-11-32-12-15(9-17)28(14)23(29)34-16-4-5-16/h6-7,10,14-17,25-27H,4-5,8-9,11-12H2,1-3H3/b22-13+,25-21?. The molecule has 1 aliphatic carbocycles. The van der Waals surface area contributed by atoms with Crippen molar-refractivity contribution in [3.63, 3.8) is 0 Å². The van der Waals surface area contributed by atoms with Gasteiger partial charge in [-0.05, 0) is 38.0 Å². The molecule has 2 heterocycles. The van der Waals surface area contributed by atoms with Crippen LogP contribution in [0.4, 0.5) is 14.9 Å². The van der Waals surface area contributed by atoms with Gasteiger partial charge in [0.25, 0.3) is 0 Å². The van der Waals surface area contributed by atoms with Crippen LogP contribution in [0.2, 0.25) is 0 Å². The van der Waals surface area contributed by atoms with Crippen molar-refractivity contribution in [2.75, 3.05) is 31.8 Å². The number of sulfone groups is 1. The van der Waals surface area contributed by atoms with E-state index in [1.54, 1.807) is 18.9 Å². The zero-order chi connectivity index (χ0) is 25.3.